The molecule has 3 N–H and O–H groups in total. The molecule has 1 aliphatic rings. The molecule has 0 aliphatic heterocycles. The summed E-state index contributed by atoms with van der Waals surface area (Å²) in [5, 5.41) is 0. The van der Waals surface area contributed by atoms with Crippen LogP contribution in [-0.4, -0.2) is 16.6 Å². The van der Waals surface area contributed by atoms with Crippen molar-refractivity contribution in [2.75, 3.05) is 6.16 Å². The summed E-state index contributed by atoms with van der Waals surface area (Å²) < 4.78 is 10.4. The summed E-state index contributed by atoms with van der Waals surface area (Å²) in [4.78, 5) is 8.61. The fourth-order valence-electron chi connectivity index (χ4n) is 1.51. The van der Waals surface area contributed by atoms with Gasteiger partial charge in [-0.05, 0) is 17.4 Å². The molecule has 1 rings (SSSR count). The zero-order valence-corrected chi connectivity index (χ0v) is 6.81. The van der Waals surface area contributed by atoms with Gasteiger partial charge in [-0.25, -0.2) is 0 Å². The first-order valence-corrected chi connectivity index (χ1v) is 4.95. The van der Waals surface area contributed by atoms with E-state index in [4.69, 9.17) is 10.6 Å². The lowest BCUT2D eigenvalue weighted by molar-refractivity contribution is 0.448. The smallest absolute Gasteiger partial charge is 0.321 e. The standard InChI is InChI=1S/C6H12NO2P/c7-6(5-10(8)9)3-1-2-4-6/h1-5,7H2/p+1. The summed E-state index contributed by atoms with van der Waals surface area (Å²) in [5.74, 6) is 0. The maximum atomic E-state index is 10.4. The molecule has 1 aliphatic carbocycles. The van der Waals surface area contributed by atoms with Gasteiger partial charge in [0.2, 0.25) is 0 Å². The Morgan fingerprint density at radius 2 is 2.00 bits per heavy atom. The second-order valence-corrected chi connectivity index (χ2v) is 4.10. The lowest BCUT2D eigenvalue weighted by Gasteiger charge is -2.15. The minimum Gasteiger partial charge on any atom is -0.321 e. The predicted molar refractivity (Wildman–Crippen MR) is 40.1 cm³/mol. The largest absolute Gasteiger partial charge is 0.507 e. The summed E-state index contributed by atoms with van der Waals surface area (Å²) in [5.41, 5.74) is 5.50. The molecule has 0 bridgehead atoms. The van der Waals surface area contributed by atoms with Crippen LogP contribution in [-0.2, 0) is 4.57 Å². The molecule has 1 atom stereocenters. The van der Waals surface area contributed by atoms with Crippen molar-refractivity contribution in [3.63, 3.8) is 0 Å². The minimum atomic E-state index is -2.04. The van der Waals surface area contributed by atoms with Gasteiger partial charge in [-0.1, -0.05) is 12.8 Å². The molecule has 10 heavy (non-hydrogen) atoms. The average Bonchev–Trinajstić information content (AvgIpc) is 2.12. The highest BCUT2D eigenvalue weighted by Crippen LogP contribution is 2.33. The van der Waals surface area contributed by atoms with Gasteiger partial charge in [0.05, 0.1) is 5.54 Å². The SMILES string of the molecule is NC1(C[P+](=O)O)CCCC1. The highest BCUT2D eigenvalue weighted by molar-refractivity contribution is 7.38. The van der Waals surface area contributed by atoms with E-state index in [1.54, 1.807) is 0 Å². The second-order valence-electron chi connectivity index (χ2n) is 3.08. The fourth-order valence-corrected chi connectivity index (χ4v) is 2.36. The molecule has 0 amide bonds. The third-order valence-corrected chi connectivity index (χ3v) is 2.95. The molecule has 0 aromatic carbocycles. The number of hydrogen-bond donors (Lipinski definition) is 2. The van der Waals surface area contributed by atoms with Crippen molar-refractivity contribution < 1.29 is 9.46 Å². The van der Waals surface area contributed by atoms with E-state index in [0.29, 0.717) is 0 Å². The second kappa shape index (κ2) is 2.95. The average molecular weight is 162 g/mol. The Labute approximate surface area is 61.5 Å². The van der Waals surface area contributed by atoms with E-state index >= 15 is 0 Å². The van der Waals surface area contributed by atoms with Crippen LogP contribution >= 0.6 is 8.03 Å². The normalized spacial score (nSPS) is 24.8. The Kier molecular flexibility index (Phi) is 2.40. The zero-order chi connectivity index (χ0) is 7.61. The summed E-state index contributed by atoms with van der Waals surface area (Å²) >= 11 is 0. The molecule has 1 saturated carbocycles. The zero-order valence-electron chi connectivity index (χ0n) is 5.92. The monoisotopic (exact) mass is 162 g/mol. The van der Waals surface area contributed by atoms with Gasteiger partial charge in [0.1, 0.15) is 0 Å². The van der Waals surface area contributed by atoms with E-state index in [2.05, 4.69) is 0 Å². The highest BCUT2D eigenvalue weighted by Gasteiger charge is 2.36. The van der Waals surface area contributed by atoms with Crippen LogP contribution in [0.5, 0.6) is 0 Å². The van der Waals surface area contributed by atoms with Crippen LogP contribution in [0.2, 0.25) is 0 Å². The van der Waals surface area contributed by atoms with Crippen LogP contribution in [0.3, 0.4) is 0 Å². The molecule has 1 fully saturated rings. The lowest BCUT2D eigenvalue weighted by Crippen LogP contribution is -2.38. The third-order valence-electron chi connectivity index (χ3n) is 2.05. The van der Waals surface area contributed by atoms with Crippen LogP contribution in [0.1, 0.15) is 25.7 Å². The summed E-state index contributed by atoms with van der Waals surface area (Å²) in [7, 11) is -2.04. The van der Waals surface area contributed by atoms with Crippen LogP contribution in [0, 0.1) is 0 Å². The summed E-state index contributed by atoms with van der Waals surface area (Å²) in [6.45, 7) is 0. The van der Waals surface area contributed by atoms with Gasteiger partial charge in [0.15, 0.2) is 6.16 Å². The van der Waals surface area contributed by atoms with Gasteiger partial charge in [0, 0.05) is 0 Å². The first kappa shape index (κ1) is 8.12. The molecule has 0 saturated heterocycles. The minimum absolute atomic E-state index is 0.280. The van der Waals surface area contributed by atoms with E-state index in [-0.39, 0.29) is 11.7 Å². The number of hydrogen-bond acceptors (Lipinski definition) is 2. The first-order valence-electron chi connectivity index (χ1n) is 3.55. The van der Waals surface area contributed by atoms with Crippen molar-refractivity contribution >= 4 is 8.03 Å². The van der Waals surface area contributed by atoms with E-state index in [1.807, 2.05) is 0 Å². The Hall–Kier alpha value is 0.0200. The van der Waals surface area contributed by atoms with Crippen LogP contribution in [0.4, 0.5) is 0 Å². The van der Waals surface area contributed by atoms with Gasteiger partial charge >= 0.3 is 8.03 Å². The van der Waals surface area contributed by atoms with Crippen molar-refractivity contribution in [3.8, 4) is 0 Å². The summed E-state index contributed by atoms with van der Waals surface area (Å²) in [6.07, 6.45) is 4.32. The van der Waals surface area contributed by atoms with Gasteiger partial charge < -0.3 is 5.73 Å². The van der Waals surface area contributed by atoms with E-state index in [0.717, 1.165) is 25.7 Å². The van der Waals surface area contributed by atoms with E-state index in [9.17, 15) is 4.57 Å². The van der Waals surface area contributed by atoms with Gasteiger partial charge in [-0.15, -0.1) is 0 Å². The van der Waals surface area contributed by atoms with Gasteiger partial charge in [-0.2, -0.15) is 4.89 Å². The molecule has 0 radical (unpaired) electrons. The molecular formula is C6H13NO2P+. The third kappa shape index (κ3) is 2.01. The van der Waals surface area contributed by atoms with Crippen molar-refractivity contribution in [2.24, 2.45) is 5.73 Å². The van der Waals surface area contributed by atoms with Crippen LogP contribution in [0.15, 0.2) is 0 Å². The molecule has 4 heteroatoms. The predicted octanol–water partition coefficient (Wildman–Crippen LogP) is 0.993. The Morgan fingerprint density at radius 1 is 1.50 bits per heavy atom. The van der Waals surface area contributed by atoms with Crippen LogP contribution < -0.4 is 5.73 Å². The molecule has 0 heterocycles. The molecule has 58 valence electrons. The van der Waals surface area contributed by atoms with Crippen molar-refractivity contribution in [3.05, 3.63) is 0 Å². The topological polar surface area (TPSA) is 63.3 Å². The van der Waals surface area contributed by atoms with Crippen molar-refractivity contribution in [2.45, 2.75) is 31.2 Å². The Balaban J connectivity index is 2.43. The maximum Gasteiger partial charge on any atom is 0.507 e. The Morgan fingerprint density at radius 3 is 2.40 bits per heavy atom. The molecular weight excluding hydrogens is 149 g/mol. The lowest BCUT2D eigenvalue weighted by atomic mass is 10.0. The van der Waals surface area contributed by atoms with Crippen molar-refractivity contribution in [1.29, 1.82) is 0 Å². The molecule has 0 aromatic heterocycles. The fraction of sp³-hybridized carbons (Fsp3) is 1.00. The molecule has 0 spiro atoms. The van der Waals surface area contributed by atoms with E-state index < -0.39 is 8.03 Å². The Bertz CT molecular complexity index is 143. The number of nitrogens with two attached hydrogens (primary N) is 1. The van der Waals surface area contributed by atoms with Gasteiger partial charge in [-0.3, -0.25) is 0 Å². The summed E-state index contributed by atoms with van der Waals surface area (Å²) in [6, 6.07) is 0. The van der Waals surface area contributed by atoms with Crippen molar-refractivity contribution in [1.82, 2.24) is 0 Å². The van der Waals surface area contributed by atoms with Gasteiger partial charge in [0.25, 0.3) is 0 Å². The molecule has 3 nitrogen and oxygen atoms in total. The maximum absolute atomic E-state index is 10.4. The first-order chi connectivity index (χ1) is 4.62. The quantitative estimate of drug-likeness (QED) is 0.595. The molecule has 0 aromatic rings. The molecule has 1 unspecified atom stereocenters. The number of rotatable bonds is 2. The highest BCUT2D eigenvalue weighted by atomic mass is 31.1. The van der Waals surface area contributed by atoms with E-state index in [1.165, 1.54) is 0 Å². The van der Waals surface area contributed by atoms with Crippen LogP contribution in [0.25, 0.3) is 0 Å².